The monoisotopic (exact) mass is 347 g/mol. The second-order valence-corrected chi connectivity index (χ2v) is 8.13. The van der Waals surface area contributed by atoms with Gasteiger partial charge < -0.3 is 14.4 Å². The van der Waals surface area contributed by atoms with Crippen molar-refractivity contribution in [2.45, 2.75) is 45.4 Å². The van der Waals surface area contributed by atoms with E-state index in [1.807, 2.05) is 13.0 Å². The fourth-order valence-electron chi connectivity index (χ4n) is 3.92. The topological polar surface area (TPSA) is 37.8 Å². The maximum Gasteiger partial charge on any atom is 0.104 e. The van der Waals surface area contributed by atoms with E-state index in [9.17, 15) is 0 Å². The number of nitrogens with zero attached hydrogens (tertiary/aromatic N) is 3. The lowest BCUT2D eigenvalue weighted by Crippen LogP contribution is -2.44. The molecule has 1 aromatic heterocycles. The number of hydrogen-bond donors (Lipinski definition) is 0. The number of aromatic nitrogens is 1. The molecular weight excluding hydrogens is 314 g/mol. The van der Waals surface area contributed by atoms with Gasteiger partial charge in [-0.25, -0.2) is 0 Å². The van der Waals surface area contributed by atoms with Crippen LogP contribution in [0.3, 0.4) is 0 Å². The summed E-state index contributed by atoms with van der Waals surface area (Å²) in [6.45, 7) is 12.7. The minimum Gasteiger partial charge on any atom is -0.377 e. The van der Waals surface area contributed by atoms with Gasteiger partial charge in [-0.15, -0.1) is 0 Å². The number of ether oxygens (including phenoxy) is 2. The molecule has 0 N–H and O–H groups in total. The van der Waals surface area contributed by atoms with Crippen molar-refractivity contribution in [2.75, 3.05) is 46.5 Å². The largest absolute Gasteiger partial charge is 0.377 e. The van der Waals surface area contributed by atoms with Gasteiger partial charge in [0.1, 0.15) is 5.60 Å². The third kappa shape index (κ3) is 5.00. The Morgan fingerprint density at radius 2 is 2.24 bits per heavy atom. The lowest BCUT2D eigenvalue weighted by Gasteiger charge is -2.31. The van der Waals surface area contributed by atoms with Crippen LogP contribution in [0, 0.1) is 12.8 Å². The molecule has 5 heteroatoms. The first-order valence-electron chi connectivity index (χ1n) is 9.53. The van der Waals surface area contributed by atoms with Crippen LogP contribution < -0.4 is 0 Å². The van der Waals surface area contributed by atoms with Gasteiger partial charge in [0, 0.05) is 37.9 Å². The Morgan fingerprint density at radius 1 is 1.40 bits per heavy atom. The smallest absolute Gasteiger partial charge is 0.104 e. The molecule has 140 valence electrons. The van der Waals surface area contributed by atoms with Crippen LogP contribution in [0.15, 0.2) is 18.2 Å². The molecule has 0 radical (unpaired) electrons. The van der Waals surface area contributed by atoms with Gasteiger partial charge in [-0.3, -0.25) is 9.88 Å². The average Bonchev–Trinajstić information content (AvgIpc) is 2.82. The number of hydrogen-bond acceptors (Lipinski definition) is 5. The van der Waals surface area contributed by atoms with Gasteiger partial charge in [0.05, 0.1) is 25.5 Å². The van der Waals surface area contributed by atoms with Crippen LogP contribution in [0.4, 0.5) is 0 Å². The Morgan fingerprint density at radius 3 is 3.00 bits per heavy atom. The molecule has 2 aliphatic heterocycles. The summed E-state index contributed by atoms with van der Waals surface area (Å²) in [5, 5.41) is 0. The van der Waals surface area contributed by atoms with Crippen LogP contribution in [-0.4, -0.2) is 72.9 Å². The highest BCUT2D eigenvalue weighted by Crippen LogP contribution is 2.33. The highest BCUT2D eigenvalue weighted by atomic mass is 16.5. The summed E-state index contributed by atoms with van der Waals surface area (Å²) in [5.74, 6) is 0.591. The first-order valence-corrected chi connectivity index (χ1v) is 9.53. The molecule has 2 aliphatic rings. The summed E-state index contributed by atoms with van der Waals surface area (Å²) in [4.78, 5) is 9.52. The summed E-state index contributed by atoms with van der Waals surface area (Å²) in [7, 11) is 2.20. The molecule has 2 atom stereocenters. The van der Waals surface area contributed by atoms with Crippen LogP contribution in [0.1, 0.15) is 31.7 Å². The SMILES string of the molecule is Cc1cccc(CN2CCOC[C@@]3(C[C@@H](CN(C)C(C)C)CO3)C2)n1. The molecule has 1 spiro atoms. The van der Waals surface area contributed by atoms with Crippen molar-refractivity contribution in [1.82, 2.24) is 14.8 Å². The van der Waals surface area contributed by atoms with Gasteiger partial charge in [-0.05, 0) is 52.3 Å². The van der Waals surface area contributed by atoms with E-state index >= 15 is 0 Å². The maximum absolute atomic E-state index is 6.33. The molecular formula is C20H33N3O2. The average molecular weight is 348 g/mol. The van der Waals surface area contributed by atoms with E-state index in [4.69, 9.17) is 9.47 Å². The minimum atomic E-state index is -0.150. The van der Waals surface area contributed by atoms with Gasteiger partial charge in [0.25, 0.3) is 0 Å². The molecule has 25 heavy (non-hydrogen) atoms. The number of pyridine rings is 1. The van der Waals surface area contributed by atoms with Crippen molar-refractivity contribution in [3.8, 4) is 0 Å². The second kappa shape index (κ2) is 8.12. The van der Waals surface area contributed by atoms with Crippen LogP contribution in [0.25, 0.3) is 0 Å². The maximum atomic E-state index is 6.33. The first kappa shape index (κ1) is 18.8. The van der Waals surface area contributed by atoms with E-state index in [2.05, 4.69) is 47.8 Å². The second-order valence-electron chi connectivity index (χ2n) is 8.13. The Kier molecular flexibility index (Phi) is 6.10. The summed E-state index contributed by atoms with van der Waals surface area (Å²) < 4.78 is 12.3. The molecule has 2 fully saturated rings. The standard InChI is InChI=1S/C20H33N3O2/c1-16(2)22(4)11-18-10-20(25-13-18)14-23(8-9-24-15-20)12-19-7-5-6-17(3)21-19/h5-7,16,18H,8-15H2,1-4H3/t18-,20+/m0/s1. The number of rotatable bonds is 5. The van der Waals surface area contributed by atoms with Crippen LogP contribution in [-0.2, 0) is 16.0 Å². The lowest BCUT2D eigenvalue weighted by molar-refractivity contribution is -0.0564. The van der Waals surface area contributed by atoms with E-state index < -0.39 is 0 Å². The Hall–Kier alpha value is -1.01. The summed E-state index contributed by atoms with van der Waals surface area (Å²) in [6, 6.07) is 6.82. The third-order valence-electron chi connectivity index (χ3n) is 5.47. The number of aryl methyl sites for hydroxylation is 1. The van der Waals surface area contributed by atoms with E-state index in [1.54, 1.807) is 0 Å². The molecule has 0 aliphatic carbocycles. The molecule has 0 saturated carbocycles. The lowest BCUT2D eigenvalue weighted by atomic mass is 9.93. The Labute approximate surface area is 152 Å². The molecule has 3 heterocycles. The fourth-order valence-corrected chi connectivity index (χ4v) is 3.92. The molecule has 1 aromatic rings. The van der Waals surface area contributed by atoms with E-state index in [0.29, 0.717) is 18.6 Å². The molecule has 5 nitrogen and oxygen atoms in total. The molecule has 0 bridgehead atoms. The molecule has 0 aromatic carbocycles. The van der Waals surface area contributed by atoms with Crippen molar-refractivity contribution >= 4 is 0 Å². The molecule has 3 rings (SSSR count). The van der Waals surface area contributed by atoms with Gasteiger partial charge >= 0.3 is 0 Å². The van der Waals surface area contributed by atoms with Gasteiger partial charge in [0.15, 0.2) is 0 Å². The predicted octanol–water partition coefficient (Wildman–Crippen LogP) is 2.34. The van der Waals surface area contributed by atoms with Crippen LogP contribution in [0.2, 0.25) is 0 Å². The van der Waals surface area contributed by atoms with Crippen molar-refractivity contribution in [3.05, 3.63) is 29.6 Å². The highest BCUT2D eigenvalue weighted by molar-refractivity contribution is 5.10. The van der Waals surface area contributed by atoms with Crippen LogP contribution in [0.5, 0.6) is 0 Å². The first-order chi connectivity index (χ1) is 12.0. The summed E-state index contributed by atoms with van der Waals surface area (Å²) in [5.41, 5.74) is 2.06. The van der Waals surface area contributed by atoms with Crippen molar-refractivity contribution in [1.29, 1.82) is 0 Å². The highest BCUT2D eigenvalue weighted by Gasteiger charge is 2.43. The van der Waals surface area contributed by atoms with Crippen molar-refractivity contribution in [2.24, 2.45) is 5.92 Å². The van der Waals surface area contributed by atoms with Gasteiger partial charge in [0.2, 0.25) is 0 Å². The van der Waals surface area contributed by atoms with Gasteiger partial charge in [-0.1, -0.05) is 6.07 Å². The van der Waals surface area contributed by atoms with E-state index in [-0.39, 0.29) is 5.60 Å². The fraction of sp³-hybridized carbons (Fsp3) is 0.750. The van der Waals surface area contributed by atoms with E-state index in [0.717, 1.165) is 57.2 Å². The zero-order valence-corrected chi connectivity index (χ0v) is 16.2. The molecule has 0 unspecified atom stereocenters. The minimum absolute atomic E-state index is 0.150. The van der Waals surface area contributed by atoms with E-state index in [1.165, 1.54) is 0 Å². The Balaban J connectivity index is 1.62. The van der Waals surface area contributed by atoms with Gasteiger partial charge in [-0.2, -0.15) is 0 Å². The zero-order valence-electron chi connectivity index (χ0n) is 16.2. The third-order valence-corrected chi connectivity index (χ3v) is 5.47. The quantitative estimate of drug-likeness (QED) is 0.817. The van der Waals surface area contributed by atoms with Crippen molar-refractivity contribution < 1.29 is 9.47 Å². The van der Waals surface area contributed by atoms with Crippen molar-refractivity contribution in [3.63, 3.8) is 0 Å². The normalized spacial score (nSPS) is 28.2. The summed E-state index contributed by atoms with van der Waals surface area (Å²) in [6.07, 6.45) is 1.09. The predicted molar refractivity (Wildman–Crippen MR) is 99.6 cm³/mol. The Bertz CT molecular complexity index is 566. The zero-order chi connectivity index (χ0) is 17.9. The van der Waals surface area contributed by atoms with Crippen LogP contribution >= 0.6 is 0 Å². The molecule has 0 amide bonds. The molecule has 2 saturated heterocycles. The summed E-state index contributed by atoms with van der Waals surface area (Å²) >= 11 is 0.